The van der Waals surface area contributed by atoms with Gasteiger partial charge in [-0.2, -0.15) is 0 Å². The second-order valence-electron chi connectivity index (χ2n) is 6.02. The van der Waals surface area contributed by atoms with Gasteiger partial charge in [0.2, 0.25) is 0 Å². The number of hydrogen-bond donors (Lipinski definition) is 1. The van der Waals surface area contributed by atoms with Crippen molar-refractivity contribution in [3.05, 3.63) is 95.8 Å². The molecule has 3 nitrogen and oxygen atoms in total. The Labute approximate surface area is 152 Å². The average molecular weight is 349 g/mol. The molecule has 1 atom stereocenters. The molecule has 0 aromatic heterocycles. The van der Waals surface area contributed by atoms with Crippen LogP contribution in [0.5, 0.6) is 5.75 Å². The van der Waals surface area contributed by atoms with Gasteiger partial charge >= 0.3 is 0 Å². The van der Waals surface area contributed by atoms with Gasteiger partial charge < -0.3 is 10.1 Å². The van der Waals surface area contributed by atoms with Gasteiger partial charge in [-0.3, -0.25) is 4.79 Å². The van der Waals surface area contributed by atoms with Crippen LogP contribution in [0.2, 0.25) is 0 Å². The summed E-state index contributed by atoms with van der Waals surface area (Å²) in [5, 5.41) is 2.92. The van der Waals surface area contributed by atoms with Gasteiger partial charge in [0.1, 0.15) is 11.6 Å². The van der Waals surface area contributed by atoms with Gasteiger partial charge in [-0.25, -0.2) is 4.39 Å². The zero-order chi connectivity index (χ0) is 18.4. The molecule has 0 unspecified atom stereocenters. The van der Waals surface area contributed by atoms with Crippen LogP contribution in [0.25, 0.3) is 0 Å². The predicted octanol–water partition coefficient (Wildman–Crippen LogP) is 4.82. The standard InChI is InChI=1S/C22H20FNO2/c1-16(26-20-13-11-19(23)12-14-20)22(25)24-21-10-6-5-9-18(21)15-17-7-3-2-4-8-17/h2-14,16H,15H2,1H3,(H,24,25)/t16-/m1/s1. The van der Waals surface area contributed by atoms with Gasteiger partial charge in [0, 0.05) is 5.69 Å². The van der Waals surface area contributed by atoms with Crippen molar-refractivity contribution in [3.8, 4) is 5.75 Å². The molecule has 0 aliphatic heterocycles. The van der Waals surface area contributed by atoms with Gasteiger partial charge in [-0.05, 0) is 54.8 Å². The maximum Gasteiger partial charge on any atom is 0.265 e. The highest BCUT2D eigenvalue weighted by Crippen LogP contribution is 2.20. The topological polar surface area (TPSA) is 38.3 Å². The summed E-state index contributed by atoms with van der Waals surface area (Å²) in [6.45, 7) is 1.67. The molecule has 0 radical (unpaired) electrons. The zero-order valence-corrected chi connectivity index (χ0v) is 14.5. The largest absolute Gasteiger partial charge is 0.481 e. The maximum absolute atomic E-state index is 13.0. The normalized spacial score (nSPS) is 11.6. The first-order chi connectivity index (χ1) is 12.6. The molecule has 132 valence electrons. The lowest BCUT2D eigenvalue weighted by molar-refractivity contribution is -0.122. The highest BCUT2D eigenvalue weighted by molar-refractivity contribution is 5.94. The fraction of sp³-hybridized carbons (Fsp3) is 0.136. The smallest absolute Gasteiger partial charge is 0.265 e. The van der Waals surface area contributed by atoms with E-state index in [4.69, 9.17) is 4.74 Å². The minimum Gasteiger partial charge on any atom is -0.481 e. The lowest BCUT2D eigenvalue weighted by Gasteiger charge is -2.16. The Balaban J connectivity index is 1.68. The third-order valence-corrected chi connectivity index (χ3v) is 4.01. The Bertz CT molecular complexity index is 863. The SMILES string of the molecule is C[C@@H](Oc1ccc(F)cc1)C(=O)Nc1ccccc1Cc1ccccc1. The summed E-state index contributed by atoms with van der Waals surface area (Å²) >= 11 is 0. The summed E-state index contributed by atoms with van der Waals surface area (Å²) in [7, 11) is 0. The second kappa shape index (κ2) is 8.30. The fourth-order valence-electron chi connectivity index (χ4n) is 2.62. The van der Waals surface area contributed by atoms with Crippen LogP contribution in [0.4, 0.5) is 10.1 Å². The van der Waals surface area contributed by atoms with Crippen molar-refractivity contribution in [1.29, 1.82) is 0 Å². The van der Waals surface area contributed by atoms with Crippen LogP contribution < -0.4 is 10.1 Å². The number of nitrogens with one attached hydrogen (secondary N) is 1. The fourth-order valence-corrected chi connectivity index (χ4v) is 2.62. The molecule has 0 aliphatic carbocycles. The minimum absolute atomic E-state index is 0.255. The van der Waals surface area contributed by atoms with Crippen molar-refractivity contribution in [2.75, 3.05) is 5.32 Å². The van der Waals surface area contributed by atoms with Crippen LogP contribution in [-0.2, 0) is 11.2 Å². The molecule has 1 amide bonds. The van der Waals surface area contributed by atoms with Crippen LogP contribution in [-0.4, -0.2) is 12.0 Å². The molecule has 4 heteroatoms. The van der Waals surface area contributed by atoms with E-state index in [2.05, 4.69) is 17.4 Å². The first-order valence-electron chi connectivity index (χ1n) is 8.47. The molecule has 1 N–H and O–H groups in total. The molecule has 0 spiro atoms. The Morgan fingerprint density at radius 3 is 2.35 bits per heavy atom. The third-order valence-electron chi connectivity index (χ3n) is 4.01. The lowest BCUT2D eigenvalue weighted by Crippen LogP contribution is -2.30. The number of para-hydroxylation sites is 1. The molecule has 0 bridgehead atoms. The monoisotopic (exact) mass is 349 g/mol. The Hall–Kier alpha value is -3.14. The van der Waals surface area contributed by atoms with E-state index in [-0.39, 0.29) is 11.7 Å². The number of carbonyl (C=O) groups is 1. The van der Waals surface area contributed by atoms with E-state index < -0.39 is 6.10 Å². The van der Waals surface area contributed by atoms with E-state index in [1.54, 1.807) is 6.92 Å². The van der Waals surface area contributed by atoms with Crippen molar-refractivity contribution in [2.45, 2.75) is 19.4 Å². The van der Waals surface area contributed by atoms with E-state index in [9.17, 15) is 9.18 Å². The number of carbonyl (C=O) groups excluding carboxylic acids is 1. The van der Waals surface area contributed by atoms with Crippen LogP contribution in [0.3, 0.4) is 0 Å². The van der Waals surface area contributed by atoms with Gasteiger partial charge in [0.25, 0.3) is 5.91 Å². The number of hydrogen-bond acceptors (Lipinski definition) is 2. The first-order valence-corrected chi connectivity index (χ1v) is 8.47. The zero-order valence-electron chi connectivity index (χ0n) is 14.5. The Morgan fingerprint density at radius 2 is 1.62 bits per heavy atom. The number of anilines is 1. The first kappa shape index (κ1) is 17.7. The molecular weight excluding hydrogens is 329 g/mol. The average Bonchev–Trinajstić information content (AvgIpc) is 2.66. The Kier molecular flexibility index (Phi) is 5.64. The number of ether oxygens (including phenoxy) is 1. The van der Waals surface area contributed by atoms with Gasteiger partial charge in [0.15, 0.2) is 6.10 Å². The summed E-state index contributed by atoms with van der Waals surface area (Å²) in [6, 6.07) is 23.4. The van der Waals surface area contributed by atoms with Crippen molar-refractivity contribution in [1.82, 2.24) is 0 Å². The molecule has 26 heavy (non-hydrogen) atoms. The van der Waals surface area contributed by atoms with Crippen LogP contribution >= 0.6 is 0 Å². The lowest BCUT2D eigenvalue weighted by atomic mass is 10.0. The van der Waals surface area contributed by atoms with E-state index in [0.717, 1.165) is 17.7 Å². The number of rotatable bonds is 6. The highest BCUT2D eigenvalue weighted by atomic mass is 19.1. The quantitative estimate of drug-likeness (QED) is 0.693. The number of amides is 1. The van der Waals surface area contributed by atoms with E-state index in [0.29, 0.717) is 5.75 Å². The molecule has 0 heterocycles. The molecule has 0 aliphatic rings. The third kappa shape index (κ3) is 4.70. The molecule has 0 saturated heterocycles. The molecular formula is C22H20FNO2. The maximum atomic E-state index is 13.0. The summed E-state index contributed by atoms with van der Waals surface area (Å²) in [5.41, 5.74) is 2.96. The summed E-state index contributed by atoms with van der Waals surface area (Å²) in [6.07, 6.45) is 0.0232. The second-order valence-corrected chi connectivity index (χ2v) is 6.02. The molecule has 3 rings (SSSR count). The van der Waals surface area contributed by atoms with Crippen molar-refractivity contribution < 1.29 is 13.9 Å². The molecule has 3 aromatic carbocycles. The summed E-state index contributed by atoms with van der Waals surface area (Å²) < 4.78 is 18.5. The molecule has 0 fully saturated rings. The Morgan fingerprint density at radius 1 is 0.962 bits per heavy atom. The van der Waals surface area contributed by atoms with Gasteiger partial charge in [0.05, 0.1) is 0 Å². The molecule has 3 aromatic rings. The number of benzene rings is 3. The summed E-state index contributed by atoms with van der Waals surface area (Å²) in [4.78, 5) is 12.5. The van der Waals surface area contributed by atoms with E-state index in [1.807, 2.05) is 42.5 Å². The van der Waals surface area contributed by atoms with E-state index >= 15 is 0 Å². The van der Waals surface area contributed by atoms with Crippen LogP contribution in [0.1, 0.15) is 18.1 Å². The van der Waals surface area contributed by atoms with Crippen molar-refractivity contribution >= 4 is 11.6 Å². The minimum atomic E-state index is -0.703. The van der Waals surface area contributed by atoms with Crippen LogP contribution in [0, 0.1) is 5.82 Å². The molecule has 0 saturated carbocycles. The number of halogens is 1. The predicted molar refractivity (Wildman–Crippen MR) is 101 cm³/mol. The van der Waals surface area contributed by atoms with Gasteiger partial charge in [-0.1, -0.05) is 48.5 Å². The summed E-state index contributed by atoms with van der Waals surface area (Å²) in [5.74, 6) is -0.147. The van der Waals surface area contributed by atoms with Crippen LogP contribution in [0.15, 0.2) is 78.9 Å². The van der Waals surface area contributed by atoms with Gasteiger partial charge in [-0.15, -0.1) is 0 Å². The highest BCUT2D eigenvalue weighted by Gasteiger charge is 2.16. The van der Waals surface area contributed by atoms with Crippen molar-refractivity contribution in [2.24, 2.45) is 0 Å². The van der Waals surface area contributed by atoms with Crippen molar-refractivity contribution in [3.63, 3.8) is 0 Å². The van der Waals surface area contributed by atoms with E-state index in [1.165, 1.54) is 29.8 Å².